The molecule has 3 aromatic rings. The minimum absolute atomic E-state index is 0.0319. The molecule has 2 atom stereocenters. The highest BCUT2D eigenvalue weighted by molar-refractivity contribution is 7.85. The largest absolute Gasteiger partial charge is 0.494 e. The molecule has 2 N–H and O–H groups in total. The molecule has 0 fully saturated rings. The maximum Gasteiger partial charge on any atom is 0.416 e. The molecular weight excluding hydrogens is 481 g/mol. The molecular formula is C25H23F3N2O4S. The van der Waals surface area contributed by atoms with Gasteiger partial charge in [-0.2, -0.15) is 13.2 Å². The minimum atomic E-state index is -4.59. The predicted molar refractivity (Wildman–Crippen MR) is 126 cm³/mol. The number of ether oxygens (including phenoxy) is 3. The Morgan fingerprint density at radius 3 is 2.23 bits per heavy atom. The summed E-state index contributed by atoms with van der Waals surface area (Å²) in [4.78, 5) is 4.92. The summed E-state index contributed by atoms with van der Waals surface area (Å²) in [5.41, 5.74) is 7.31. The summed E-state index contributed by atoms with van der Waals surface area (Å²) in [6.45, 7) is 1.99. The Morgan fingerprint density at radius 1 is 1.03 bits per heavy atom. The second-order valence-electron chi connectivity index (χ2n) is 7.89. The van der Waals surface area contributed by atoms with Gasteiger partial charge in [-0.25, -0.2) is 9.20 Å². The fourth-order valence-electron chi connectivity index (χ4n) is 3.66. The van der Waals surface area contributed by atoms with E-state index in [9.17, 15) is 17.4 Å². The highest BCUT2D eigenvalue weighted by Gasteiger charge is 2.33. The molecule has 0 amide bonds. The second-order valence-corrected chi connectivity index (χ2v) is 9.34. The number of hydrogen-bond acceptors (Lipinski definition) is 6. The van der Waals surface area contributed by atoms with Gasteiger partial charge in [0.2, 0.25) is 5.90 Å². The fourth-order valence-corrected chi connectivity index (χ4v) is 4.89. The van der Waals surface area contributed by atoms with Gasteiger partial charge in [0.15, 0.2) is 0 Å². The number of rotatable bonds is 6. The first-order chi connectivity index (χ1) is 16.6. The van der Waals surface area contributed by atoms with Gasteiger partial charge < -0.3 is 19.9 Å². The van der Waals surface area contributed by atoms with Gasteiger partial charge in [0, 0.05) is 4.90 Å². The Labute approximate surface area is 203 Å². The Kier molecular flexibility index (Phi) is 6.75. The first kappa shape index (κ1) is 24.6. The number of nitrogens with zero attached hydrogens (tertiary/aromatic N) is 1. The van der Waals surface area contributed by atoms with Crippen LogP contribution in [0.1, 0.15) is 28.3 Å². The molecule has 3 aromatic carbocycles. The number of alkyl halides is 3. The van der Waals surface area contributed by atoms with E-state index in [-0.39, 0.29) is 23.0 Å². The van der Waals surface area contributed by atoms with Crippen LogP contribution < -0.4 is 15.2 Å². The van der Waals surface area contributed by atoms with Crippen LogP contribution in [0.15, 0.2) is 69.4 Å². The van der Waals surface area contributed by atoms with Crippen LogP contribution in [0.25, 0.3) is 0 Å². The summed E-state index contributed by atoms with van der Waals surface area (Å²) in [5, 5.41) is 0. The number of nitrogen functional groups attached to an aromatic ring is 1. The monoisotopic (exact) mass is 504 g/mol. The second kappa shape index (κ2) is 9.61. The van der Waals surface area contributed by atoms with Crippen molar-refractivity contribution in [1.29, 1.82) is 0 Å². The van der Waals surface area contributed by atoms with Crippen molar-refractivity contribution >= 4 is 22.4 Å². The van der Waals surface area contributed by atoms with E-state index in [1.807, 2.05) is 6.92 Å². The average Bonchev–Trinajstić information content (AvgIpc) is 3.33. The third-order valence-electron chi connectivity index (χ3n) is 5.58. The molecule has 10 heteroatoms. The number of aryl methyl sites for hydroxylation is 1. The number of anilines is 1. The molecule has 1 unspecified atom stereocenters. The first-order valence-corrected chi connectivity index (χ1v) is 11.7. The maximum atomic E-state index is 13.5. The number of benzene rings is 3. The molecule has 1 aliphatic rings. The third kappa shape index (κ3) is 4.97. The summed E-state index contributed by atoms with van der Waals surface area (Å²) >= 11 is 0. The summed E-state index contributed by atoms with van der Waals surface area (Å²) in [7, 11) is 1.06. The molecule has 0 bridgehead atoms. The quantitative estimate of drug-likeness (QED) is 0.461. The summed E-state index contributed by atoms with van der Waals surface area (Å²) in [6.07, 6.45) is -4.59. The van der Waals surface area contributed by atoms with E-state index < -0.39 is 28.6 Å². The Balaban J connectivity index is 1.78. The van der Waals surface area contributed by atoms with Crippen LogP contribution in [0.3, 0.4) is 0 Å². The molecule has 4 rings (SSSR count). The zero-order chi connectivity index (χ0) is 25.3. The minimum Gasteiger partial charge on any atom is -0.494 e. The highest BCUT2D eigenvalue weighted by Crippen LogP contribution is 2.38. The van der Waals surface area contributed by atoms with Gasteiger partial charge in [-0.15, -0.1) is 0 Å². The maximum absolute atomic E-state index is 13.5. The lowest BCUT2D eigenvalue weighted by Crippen LogP contribution is -2.11. The molecule has 1 heterocycles. The normalized spacial score (nSPS) is 16.4. The van der Waals surface area contributed by atoms with Crippen molar-refractivity contribution in [3.63, 3.8) is 0 Å². The molecule has 0 aliphatic carbocycles. The van der Waals surface area contributed by atoms with Crippen molar-refractivity contribution in [2.24, 2.45) is 4.99 Å². The average molecular weight is 505 g/mol. The molecule has 0 saturated carbocycles. The Morgan fingerprint density at radius 2 is 1.66 bits per heavy atom. The first-order valence-electron chi connectivity index (χ1n) is 10.5. The number of nitrogens with two attached hydrogens (primary N) is 1. The molecule has 1 aliphatic heterocycles. The van der Waals surface area contributed by atoms with E-state index in [2.05, 4.69) is 4.99 Å². The van der Waals surface area contributed by atoms with E-state index in [4.69, 9.17) is 19.9 Å². The van der Waals surface area contributed by atoms with E-state index >= 15 is 0 Å². The van der Waals surface area contributed by atoms with Crippen LogP contribution >= 0.6 is 0 Å². The highest BCUT2D eigenvalue weighted by atomic mass is 32.2. The van der Waals surface area contributed by atoms with Gasteiger partial charge in [0.05, 0.1) is 41.0 Å². The lowest BCUT2D eigenvalue weighted by molar-refractivity contribution is -0.137. The van der Waals surface area contributed by atoms with Crippen LogP contribution in [0.2, 0.25) is 0 Å². The molecule has 6 nitrogen and oxygen atoms in total. The van der Waals surface area contributed by atoms with Crippen molar-refractivity contribution in [2.45, 2.75) is 28.9 Å². The van der Waals surface area contributed by atoms with Crippen molar-refractivity contribution in [3.05, 3.63) is 76.9 Å². The van der Waals surface area contributed by atoms with Crippen LogP contribution in [-0.2, 0) is 21.7 Å². The smallest absolute Gasteiger partial charge is 0.416 e. The van der Waals surface area contributed by atoms with E-state index in [0.717, 1.165) is 17.7 Å². The summed E-state index contributed by atoms with van der Waals surface area (Å²) in [6, 6.07) is 12.7. The topological polar surface area (TPSA) is 83.1 Å². The van der Waals surface area contributed by atoms with Crippen molar-refractivity contribution < 1.29 is 31.6 Å². The molecule has 35 heavy (non-hydrogen) atoms. The molecule has 0 saturated heterocycles. The van der Waals surface area contributed by atoms with Gasteiger partial charge in [0.25, 0.3) is 0 Å². The molecule has 0 aromatic heterocycles. The van der Waals surface area contributed by atoms with Crippen molar-refractivity contribution in [2.75, 3.05) is 26.6 Å². The zero-order valence-electron chi connectivity index (χ0n) is 19.2. The Hall–Kier alpha value is -3.53. The Bertz CT molecular complexity index is 1280. The van der Waals surface area contributed by atoms with Crippen molar-refractivity contribution in [3.8, 4) is 11.5 Å². The van der Waals surface area contributed by atoms with Gasteiger partial charge in [-0.05, 0) is 55.0 Å². The van der Waals surface area contributed by atoms with Gasteiger partial charge in [-0.3, -0.25) is 0 Å². The molecule has 0 spiro atoms. The van der Waals surface area contributed by atoms with Crippen molar-refractivity contribution in [1.82, 2.24) is 0 Å². The molecule has 0 radical (unpaired) electrons. The van der Waals surface area contributed by atoms with Gasteiger partial charge in [0.1, 0.15) is 29.8 Å². The number of aliphatic imine (C=N–C) groups is 1. The van der Waals surface area contributed by atoms with E-state index in [1.165, 1.54) is 20.3 Å². The third-order valence-corrected chi connectivity index (χ3v) is 7.01. The van der Waals surface area contributed by atoms with Crippen LogP contribution in [-0.4, -0.2) is 30.9 Å². The lowest BCUT2D eigenvalue weighted by atomic mass is 10.1. The fraction of sp³-hybridized carbons (Fsp3) is 0.240. The van der Waals surface area contributed by atoms with Crippen LogP contribution in [0, 0.1) is 6.92 Å². The summed E-state index contributed by atoms with van der Waals surface area (Å²) in [5.74, 6) is 0.909. The predicted octanol–water partition coefficient (Wildman–Crippen LogP) is 5.30. The SMILES string of the molecule is COc1cc([C@H]2COC(c3ccc(C(F)(F)F)cc3S(=O)c3ccc(C)cc3)=N2)cc(OC)c1N. The zero-order valence-corrected chi connectivity index (χ0v) is 20.0. The van der Waals surface area contributed by atoms with Gasteiger partial charge >= 0.3 is 6.18 Å². The number of hydrogen-bond donors (Lipinski definition) is 1. The summed E-state index contributed by atoms with van der Waals surface area (Å²) < 4.78 is 70.1. The molecule has 184 valence electrons. The van der Waals surface area contributed by atoms with Crippen LogP contribution in [0.5, 0.6) is 11.5 Å². The van der Waals surface area contributed by atoms with E-state index in [1.54, 1.807) is 36.4 Å². The lowest BCUT2D eigenvalue weighted by Gasteiger charge is -2.13. The van der Waals surface area contributed by atoms with Gasteiger partial charge in [-0.1, -0.05) is 17.7 Å². The number of methoxy groups -OCH3 is 2. The standard InChI is InChI=1S/C25H23F3N2O4S/c1-14-4-7-17(8-5-14)35(31)22-12-16(25(26,27)28)6-9-18(22)24-30-19(13-34-24)15-10-20(32-2)23(29)21(11-15)33-3/h4-12,19H,13,29H2,1-3H3/t19-,35?/m1/s1. The van der Waals surface area contributed by atoms with Crippen LogP contribution in [0.4, 0.5) is 18.9 Å². The van der Waals surface area contributed by atoms with E-state index in [0.29, 0.717) is 27.6 Å². The number of halogens is 3.